The maximum Gasteiger partial charge on any atom is 0.387 e. The van der Waals surface area contributed by atoms with Crippen molar-refractivity contribution in [3.05, 3.63) is 29.8 Å². The topological polar surface area (TPSA) is 53.5 Å². The molecule has 2 rings (SSSR count). The van der Waals surface area contributed by atoms with Gasteiger partial charge in [-0.1, -0.05) is 12.1 Å². The molecule has 0 spiro atoms. The van der Waals surface area contributed by atoms with Crippen LogP contribution in [0.15, 0.2) is 24.3 Å². The Morgan fingerprint density at radius 3 is 2.61 bits per heavy atom. The monoisotopic (exact) mass is 347 g/mol. The number of ether oxygens (including phenoxy) is 2. The van der Waals surface area contributed by atoms with Gasteiger partial charge in [-0.2, -0.15) is 8.78 Å². The zero-order valence-electron chi connectivity index (χ0n) is 13.6. The zero-order valence-corrected chi connectivity index (χ0v) is 14.4. The molecule has 0 radical (unpaired) electrons. The van der Waals surface area contributed by atoms with Gasteiger partial charge in [-0.25, -0.2) is 0 Å². The third kappa shape index (κ3) is 6.25. The third-order valence-electron chi connectivity index (χ3n) is 3.31. The van der Waals surface area contributed by atoms with Gasteiger partial charge in [-0.05, 0) is 51.3 Å². The highest BCUT2D eigenvalue weighted by Gasteiger charge is 2.31. The molecular formula is C16H23F2NO3S. The number of halogens is 2. The van der Waals surface area contributed by atoms with E-state index in [1.807, 2.05) is 20.8 Å². The summed E-state index contributed by atoms with van der Waals surface area (Å²) in [6.07, 6.45) is 2.32. The molecule has 0 amide bonds. The van der Waals surface area contributed by atoms with Crippen molar-refractivity contribution < 1.29 is 22.8 Å². The molecule has 0 aliphatic heterocycles. The quantitative estimate of drug-likeness (QED) is 0.731. The normalized spacial score (nSPS) is 18.0. The Bertz CT molecular complexity index is 506. The van der Waals surface area contributed by atoms with Crippen LogP contribution < -0.4 is 9.46 Å². The van der Waals surface area contributed by atoms with Crippen LogP contribution >= 0.6 is 0 Å². The molecule has 130 valence electrons. The summed E-state index contributed by atoms with van der Waals surface area (Å²) in [5.74, 6) is 0.0808. The second kappa shape index (κ2) is 7.79. The largest absolute Gasteiger partial charge is 0.598 e. The molecule has 7 heteroatoms. The molecule has 0 bridgehead atoms. The summed E-state index contributed by atoms with van der Waals surface area (Å²) in [6.45, 7) is 3.06. The van der Waals surface area contributed by atoms with E-state index in [0.29, 0.717) is 12.2 Å². The van der Waals surface area contributed by atoms with Gasteiger partial charge in [-0.15, -0.1) is 4.72 Å². The summed E-state index contributed by atoms with van der Waals surface area (Å²) < 4.78 is 49.9. The Morgan fingerprint density at radius 2 is 2.04 bits per heavy atom. The number of benzene rings is 1. The fourth-order valence-corrected chi connectivity index (χ4v) is 2.69. The SMILES string of the molecule is CC(C)(C)[S+]([O-])NC(COC1CC1)c1cccc(OC(F)F)c1. The minimum absolute atomic E-state index is 0.0808. The Kier molecular flexibility index (Phi) is 6.25. The number of hydrogen-bond donors (Lipinski definition) is 1. The van der Waals surface area contributed by atoms with Crippen LogP contribution in [0.2, 0.25) is 0 Å². The first kappa shape index (κ1) is 18.4. The highest BCUT2D eigenvalue weighted by atomic mass is 32.2. The van der Waals surface area contributed by atoms with Crippen LogP contribution in [0.25, 0.3) is 0 Å². The lowest BCUT2D eigenvalue weighted by molar-refractivity contribution is -0.0499. The van der Waals surface area contributed by atoms with Crippen molar-refractivity contribution in [1.82, 2.24) is 4.72 Å². The highest BCUT2D eigenvalue weighted by molar-refractivity contribution is 7.90. The average molecular weight is 347 g/mol. The first-order chi connectivity index (χ1) is 10.8. The van der Waals surface area contributed by atoms with Crippen LogP contribution in [0.4, 0.5) is 8.78 Å². The number of rotatable bonds is 8. The van der Waals surface area contributed by atoms with Crippen LogP contribution in [0.5, 0.6) is 5.75 Å². The van der Waals surface area contributed by atoms with E-state index in [2.05, 4.69) is 9.46 Å². The van der Waals surface area contributed by atoms with Crippen molar-refractivity contribution in [2.75, 3.05) is 6.61 Å². The summed E-state index contributed by atoms with van der Waals surface area (Å²) in [7, 11) is 0. The molecule has 0 aromatic heterocycles. The van der Waals surface area contributed by atoms with Gasteiger partial charge in [-0.3, -0.25) is 0 Å². The van der Waals surface area contributed by atoms with E-state index in [9.17, 15) is 13.3 Å². The average Bonchev–Trinajstić information content (AvgIpc) is 3.25. The van der Waals surface area contributed by atoms with Gasteiger partial charge in [0, 0.05) is 11.4 Å². The van der Waals surface area contributed by atoms with Gasteiger partial charge in [0.05, 0.1) is 12.7 Å². The van der Waals surface area contributed by atoms with Crippen LogP contribution in [-0.4, -0.2) is 28.6 Å². The summed E-state index contributed by atoms with van der Waals surface area (Å²) in [4.78, 5) is 0. The molecule has 23 heavy (non-hydrogen) atoms. The third-order valence-corrected chi connectivity index (χ3v) is 4.93. The molecule has 4 nitrogen and oxygen atoms in total. The summed E-state index contributed by atoms with van der Waals surface area (Å²) in [5, 5.41) is 0. The van der Waals surface area contributed by atoms with E-state index in [1.54, 1.807) is 12.1 Å². The lowest BCUT2D eigenvalue weighted by atomic mass is 10.1. The minimum Gasteiger partial charge on any atom is -0.598 e. The minimum atomic E-state index is -2.87. The second-order valence-electron chi connectivity index (χ2n) is 6.54. The Hall–Kier alpha value is -0.890. The van der Waals surface area contributed by atoms with E-state index in [-0.39, 0.29) is 17.9 Å². The van der Waals surface area contributed by atoms with E-state index in [0.717, 1.165) is 12.8 Å². The fraction of sp³-hybridized carbons (Fsp3) is 0.625. The van der Waals surface area contributed by atoms with Crippen molar-refractivity contribution in [3.63, 3.8) is 0 Å². The van der Waals surface area contributed by atoms with E-state index in [4.69, 9.17) is 4.74 Å². The maximum atomic E-state index is 12.4. The number of nitrogens with one attached hydrogen (secondary N) is 1. The zero-order chi connectivity index (χ0) is 17.0. The maximum absolute atomic E-state index is 12.4. The number of alkyl halides is 2. The molecule has 2 unspecified atom stereocenters. The van der Waals surface area contributed by atoms with Crippen molar-refractivity contribution in [2.45, 2.75) is 57.1 Å². The molecule has 1 aliphatic rings. The van der Waals surface area contributed by atoms with Gasteiger partial charge < -0.3 is 14.0 Å². The molecule has 0 heterocycles. The molecule has 0 saturated heterocycles. The van der Waals surface area contributed by atoms with Crippen LogP contribution in [0, 0.1) is 0 Å². The first-order valence-corrected chi connectivity index (χ1v) is 8.75. The van der Waals surface area contributed by atoms with E-state index in [1.165, 1.54) is 12.1 Å². The molecule has 1 aliphatic carbocycles. The van der Waals surface area contributed by atoms with Crippen molar-refractivity contribution in [2.24, 2.45) is 0 Å². The van der Waals surface area contributed by atoms with Gasteiger partial charge in [0.15, 0.2) is 0 Å². The van der Waals surface area contributed by atoms with Gasteiger partial charge in [0.2, 0.25) is 0 Å². The number of hydrogen-bond acceptors (Lipinski definition) is 4. The predicted molar refractivity (Wildman–Crippen MR) is 85.8 cm³/mol. The van der Waals surface area contributed by atoms with Crippen molar-refractivity contribution >= 4 is 11.4 Å². The summed E-state index contributed by atoms with van der Waals surface area (Å²) >= 11 is -1.30. The molecular weight excluding hydrogens is 324 g/mol. The molecule has 1 N–H and O–H groups in total. The highest BCUT2D eigenvalue weighted by Crippen LogP contribution is 2.28. The molecule has 1 aromatic rings. The Morgan fingerprint density at radius 1 is 1.35 bits per heavy atom. The van der Waals surface area contributed by atoms with Gasteiger partial charge in [0.25, 0.3) is 0 Å². The van der Waals surface area contributed by atoms with Crippen LogP contribution in [0.1, 0.15) is 45.2 Å². The van der Waals surface area contributed by atoms with Gasteiger partial charge >= 0.3 is 6.61 Å². The Labute approximate surface area is 138 Å². The van der Waals surface area contributed by atoms with Crippen LogP contribution in [-0.2, 0) is 16.1 Å². The second-order valence-corrected chi connectivity index (χ2v) is 8.53. The first-order valence-electron chi connectivity index (χ1n) is 7.60. The van der Waals surface area contributed by atoms with Gasteiger partial charge in [0.1, 0.15) is 16.5 Å². The lowest BCUT2D eigenvalue weighted by Crippen LogP contribution is -2.42. The fourth-order valence-electron chi connectivity index (χ4n) is 1.88. The van der Waals surface area contributed by atoms with E-state index < -0.39 is 22.7 Å². The standard InChI is InChI=1S/C16H23F2NO3S/c1-16(2,3)23(20)19-14(10-21-12-7-8-12)11-5-4-6-13(9-11)22-15(17)18/h4-6,9,12,14-15,19H,7-8,10H2,1-3H3. The van der Waals surface area contributed by atoms with Crippen LogP contribution in [0.3, 0.4) is 0 Å². The van der Waals surface area contributed by atoms with Crippen molar-refractivity contribution in [1.29, 1.82) is 0 Å². The molecule has 1 saturated carbocycles. The molecule has 2 atom stereocenters. The Balaban J connectivity index is 2.11. The summed E-state index contributed by atoms with van der Waals surface area (Å²) in [5.41, 5.74) is 0.710. The molecule has 1 fully saturated rings. The summed E-state index contributed by atoms with van der Waals surface area (Å²) in [6, 6.07) is 6.07. The lowest BCUT2D eigenvalue weighted by Gasteiger charge is -2.28. The van der Waals surface area contributed by atoms with Crippen molar-refractivity contribution in [3.8, 4) is 5.75 Å². The smallest absolute Gasteiger partial charge is 0.387 e. The molecule has 1 aromatic carbocycles. The predicted octanol–water partition coefficient (Wildman–Crippen LogP) is 3.56. The van der Waals surface area contributed by atoms with E-state index >= 15 is 0 Å².